The van der Waals surface area contributed by atoms with Crippen molar-refractivity contribution in [3.05, 3.63) is 71.5 Å². The number of hydrogen-bond donors (Lipinski definition) is 1. The molecule has 1 N–H and O–H groups in total. The molecule has 2 atom stereocenters. The number of nitrogens with one attached hydrogen (secondary N) is 1. The molecule has 3 rings (SSSR count). The van der Waals surface area contributed by atoms with Crippen LogP contribution in [0.25, 0.3) is 0 Å². The van der Waals surface area contributed by atoms with Crippen molar-refractivity contribution < 1.29 is 18.7 Å². The summed E-state index contributed by atoms with van der Waals surface area (Å²) in [6.07, 6.45) is 2.35. The van der Waals surface area contributed by atoms with Crippen LogP contribution in [-0.4, -0.2) is 42.0 Å². The predicted molar refractivity (Wildman–Crippen MR) is 109 cm³/mol. The normalized spacial score (nSPS) is 17.0. The minimum atomic E-state index is -0.665. The van der Waals surface area contributed by atoms with Gasteiger partial charge in [0.25, 0.3) is 0 Å². The summed E-state index contributed by atoms with van der Waals surface area (Å²) in [5, 5.41) is 2.96. The third-order valence-electron chi connectivity index (χ3n) is 5.15. The van der Waals surface area contributed by atoms with Gasteiger partial charge in [-0.1, -0.05) is 42.5 Å². The molecule has 1 fully saturated rings. The van der Waals surface area contributed by atoms with Crippen LogP contribution < -0.4 is 5.32 Å². The molecule has 2 amide bonds. The standard InChI is InChI=1S/C23H27FN2O3/c1-17(27)26(16-19-9-11-20(24)12-10-19)22(14-18-6-3-2-4-7-18)23(28)25-15-21-8-5-13-29-21/h2-4,6-7,9-12,21-22H,5,8,13-16H2,1H3,(H,25,28)/t21-,22-/m0/s1. The van der Waals surface area contributed by atoms with Gasteiger partial charge in [0.15, 0.2) is 0 Å². The topological polar surface area (TPSA) is 58.6 Å². The number of amides is 2. The number of ether oxygens (including phenoxy) is 1. The number of carbonyl (C=O) groups excluding carboxylic acids is 2. The number of nitrogens with zero attached hydrogens (tertiary/aromatic N) is 1. The number of halogens is 1. The van der Waals surface area contributed by atoms with E-state index in [1.54, 1.807) is 17.0 Å². The van der Waals surface area contributed by atoms with Gasteiger partial charge < -0.3 is 15.0 Å². The Bertz CT molecular complexity index is 805. The highest BCUT2D eigenvalue weighted by Crippen LogP contribution is 2.16. The molecule has 154 valence electrons. The minimum absolute atomic E-state index is 0.0270. The van der Waals surface area contributed by atoms with E-state index >= 15 is 0 Å². The van der Waals surface area contributed by atoms with Crippen LogP contribution in [0.4, 0.5) is 4.39 Å². The first kappa shape index (κ1) is 21.0. The van der Waals surface area contributed by atoms with Crippen LogP contribution in [0.1, 0.15) is 30.9 Å². The highest BCUT2D eigenvalue weighted by molar-refractivity contribution is 5.87. The average molecular weight is 398 g/mol. The van der Waals surface area contributed by atoms with E-state index in [9.17, 15) is 14.0 Å². The maximum absolute atomic E-state index is 13.2. The molecule has 0 saturated carbocycles. The average Bonchev–Trinajstić information content (AvgIpc) is 3.24. The van der Waals surface area contributed by atoms with Gasteiger partial charge in [-0.2, -0.15) is 0 Å². The summed E-state index contributed by atoms with van der Waals surface area (Å²) in [5.74, 6) is -0.748. The van der Waals surface area contributed by atoms with E-state index in [1.807, 2.05) is 30.3 Å². The van der Waals surface area contributed by atoms with Crippen molar-refractivity contribution >= 4 is 11.8 Å². The molecule has 2 aromatic carbocycles. The lowest BCUT2D eigenvalue weighted by atomic mass is 10.0. The number of carbonyl (C=O) groups is 2. The first-order valence-electron chi connectivity index (χ1n) is 9.98. The van der Waals surface area contributed by atoms with E-state index in [4.69, 9.17) is 4.74 Å². The van der Waals surface area contributed by atoms with Crippen LogP contribution >= 0.6 is 0 Å². The van der Waals surface area contributed by atoms with Crippen LogP contribution in [0.3, 0.4) is 0 Å². The first-order valence-corrected chi connectivity index (χ1v) is 9.98. The van der Waals surface area contributed by atoms with Gasteiger partial charge >= 0.3 is 0 Å². The zero-order valence-electron chi connectivity index (χ0n) is 16.6. The van der Waals surface area contributed by atoms with E-state index < -0.39 is 6.04 Å². The second-order valence-corrected chi connectivity index (χ2v) is 7.36. The SMILES string of the molecule is CC(=O)N(Cc1ccc(F)cc1)[C@@H](Cc1ccccc1)C(=O)NC[C@@H]1CCCO1. The van der Waals surface area contributed by atoms with E-state index in [2.05, 4.69) is 5.32 Å². The summed E-state index contributed by atoms with van der Waals surface area (Å²) < 4.78 is 18.8. The molecule has 1 aliphatic heterocycles. The van der Waals surface area contributed by atoms with Crippen molar-refractivity contribution in [3.8, 4) is 0 Å². The molecular weight excluding hydrogens is 371 g/mol. The summed E-state index contributed by atoms with van der Waals surface area (Å²) >= 11 is 0. The minimum Gasteiger partial charge on any atom is -0.376 e. The molecule has 5 nitrogen and oxygen atoms in total. The van der Waals surface area contributed by atoms with Gasteiger partial charge in [0.1, 0.15) is 11.9 Å². The van der Waals surface area contributed by atoms with E-state index in [-0.39, 0.29) is 30.3 Å². The molecule has 1 heterocycles. The highest BCUT2D eigenvalue weighted by Gasteiger charge is 2.29. The Hall–Kier alpha value is -2.73. The molecule has 29 heavy (non-hydrogen) atoms. The molecule has 0 radical (unpaired) electrons. The van der Waals surface area contributed by atoms with Crippen LogP contribution in [0.5, 0.6) is 0 Å². The molecule has 0 unspecified atom stereocenters. The fraction of sp³-hybridized carbons (Fsp3) is 0.391. The van der Waals surface area contributed by atoms with Gasteiger partial charge in [0.05, 0.1) is 6.10 Å². The Balaban J connectivity index is 1.78. The van der Waals surface area contributed by atoms with E-state index in [0.29, 0.717) is 13.0 Å². The zero-order valence-corrected chi connectivity index (χ0v) is 16.6. The lowest BCUT2D eigenvalue weighted by Crippen LogP contribution is -2.51. The van der Waals surface area contributed by atoms with Crippen molar-refractivity contribution in [1.29, 1.82) is 0 Å². The number of hydrogen-bond acceptors (Lipinski definition) is 3. The van der Waals surface area contributed by atoms with Gasteiger partial charge in [0, 0.05) is 33.0 Å². The Morgan fingerprint density at radius 2 is 1.86 bits per heavy atom. The van der Waals surface area contributed by atoms with Gasteiger partial charge in [-0.3, -0.25) is 9.59 Å². The maximum atomic E-state index is 13.2. The quantitative estimate of drug-likeness (QED) is 0.744. The maximum Gasteiger partial charge on any atom is 0.243 e. The summed E-state index contributed by atoms with van der Waals surface area (Å²) in [6.45, 7) is 2.85. The Labute approximate surface area is 170 Å². The van der Waals surface area contributed by atoms with Crippen LogP contribution in [0.15, 0.2) is 54.6 Å². The van der Waals surface area contributed by atoms with Crippen LogP contribution in [0.2, 0.25) is 0 Å². The van der Waals surface area contributed by atoms with Crippen molar-refractivity contribution in [2.24, 2.45) is 0 Å². The molecule has 0 aliphatic carbocycles. The molecule has 1 aliphatic rings. The Kier molecular flexibility index (Phi) is 7.36. The fourth-order valence-corrected chi connectivity index (χ4v) is 3.55. The van der Waals surface area contributed by atoms with Crippen molar-refractivity contribution in [2.45, 2.75) is 44.9 Å². The third kappa shape index (κ3) is 6.12. The number of benzene rings is 2. The molecular formula is C23H27FN2O3. The lowest BCUT2D eigenvalue weighted by molar-refractivity contribution is -0.139. The predicted octanol–water partition coefficient (Wildman–Crippen LogP) is 3.08. The lowest BCUT2D eigenvalue weighted by Gasteiger charge is -2.31. The van der Waals surface area contributed by atoms with Crippen LogP contribution in [0, 0.1) is 5.82 Å². The Morgan fingerprint density at radius 3 is 2.48 bits per heavy atom. The zero-order chi connectivity index (χ0) is 20.6. The van der Waals surface area contributed by atoms with Crippen molar-refractivity contribution in [3.63, 3.8) is 0 Å². The molecule has 0 aromatic heterocycles. The summed E-state index contributed by atoms with van der Waals surface area (Å²) in [7, 11) is 0. The van der Waals surface area contributed by atoms with Gasteiger partial charge in [-0.25, -0.2) is 4.39 Å². The van der Waals surface area contributed by atoms with Gasteiger partial charge in [-0.05, 0) is 36.1 Å². The van der Waals surface area contributed by atoms with Gasteiger partial charge in [0.2, 0.25) is 11.8 Å². The number of rotatable bonds is 8. The fourth-order valence-electron chi connectivity index (χ4n) is 3.55. The highest BCUT2D eigenvalue weighted by atomic mass is 19.1. The summed E-state index contributed by atoms with van der Waals surface area (Å²) in [4.78, 5) is 27.1. The summed E-state index contributed by atoms with van der Waals surface area (Å²) in [5.41, 5.74) is 1.74. The molecule has 6 heteroatoms. The van der Waals surface area contributed by atoms with Crippen LogP contribution in [-0.2, 0) is 27.3 Å². The van der Waals surface area contributed by atoms with E-state index in [1.165, 1.54) is 19.1 Å². The summed E-state index contributed by atoms with van der Waals surface area (Å²) in [6, 6.07) is 14.9. The third-order valence-corrected chi connectivity index (χ3v) is 5.15. The second-order valence-electron chi connectivity index (χ2n) is 7.36. The monoisotopic (exact) mass is 398 g/mol. The molecule has 0 bridgehead atoms. The largest absolute Gasteiger partial charge is 0.376 e. The molecule has 1 saturated heterocycles. The molecule has 0 spiro atoms. The van der Waals surface area contributed by atoms with Crippen molar-refractivity contribution in [2.75, 3.05) is 13.2 Å². The van der Waals surface area contributed by atoms with E-state index in [0.717, 1.165) is 30.6 Å². The molecule has 2 aromatic rings. The Morgan fingerprint density at radius 1 is 1.14 bits per heavy atom. The van der Waals surface area contributed by atoms with Gasteiger partial charge in [-0.15, -0.1) is 0 Å². The van der Waals surface area contributed by atoms with Crippen molar-refractivity contribution in [1.82, 2.24) is 10.2 Å². The smallest absolute Gasteiger partial charge is 0.243 e. The second kappa shape index (κ2) is 10.2. The first-order chi connectivity index (χ1) is 14.0.